The summed E-state index contributed by atoms with van der Waals surface area (Å²) in [5, 5.41) is 0. The quantitative estimate of drug-likeness (QED) is 0.159. The highest BCUT2D eigenvalue weighted by atomic mass is 14.9. The Morgan fingerprint density at radius 2 is 0.900 bits per heavy atom. The smallest absolute Gasteiger partial charge is 0.160 e. The van der Waals surface area contributed by atoms with E-state index in [0.29, 0.717) is 11.7 Å². The number of benzene rings is 9. The summed E-state index contributed by atoms with van der Waals surface area (Å²) in [7, 11) is 0. The minimum absolute atomic E-state index is 0.200. The lowest BCUT2D eigenvalue weighted by atomic mass is 9.55. The third kappa shape index (κ3) is 6.70. The van der Waals surface area contributed by atoms with Gasteiger partial charge in [-0.1, -0.05) is 244 Å². The minimum Gasteiger partial charge on any atom is -0.228 e. The summed E-state index contributed by atoms with van der Waals surface area (Å²) in [6, 6.07) is 82.7. The highest BCUT2D eigenvalue weighted by Gasteiger charge is 2.53. The summed E-state index contributed by atoms with van der Waals surface area (Å²) in [6.07, 6.45) is 9.95. The lowest BCUT2D eigenvalue weighted by molar-refractivity contribution is 0.563. The Bertz CT molecular complexity index is 3590. The predicted molar refractivity (Wildman–Crippen MR) is 290 cm³/mol. The van der Waals surface area contributed by atoms with Crippen LogP contribution in [0.1, 0.15) is 65.1 Å². The van der Waals surface area contributed by atoms with Crippen molar-refractivity contribution in [2.24, 2.45) is 0 Å². The maximum atomic E-state index is 5.46. The third-order valence-electron chi connectivity index (χ3n) is 15.3. The molecule has 0 bridgehead atoms. The van der Waals surface area contributed by atoms with E-state index >= 15 is 0 Å². The van der Waals surface area contributed by atoms with Crippen LogP contribution in [0.3, 0.4) is 0 Å². The number of allylic oxidation sites excluding steroid dienone is 4. The van der Waals surface area contributed by atoms with E-state index in [4.69, 9.17) is 9.97 Å². The monoisotopic (exact) mass is 894 g/mol. The molecule has 0 amide bonds. The van der Waals surface area contributed by atoms with E-state index in [1.807, 2.05) is 6.07 Å². The molecular formula is C68H50N2. The van der Waals surface area contributed by atoms with Crippen molar-refractivity contribution in [3.63, 3.8) is 0 Å². The molecule has 0 N–H and O–H groups in total. The standard InChI is InChI=1S/C68H50N2/c1-67(2)58-29-15-17-31-60(58)68(61-32-18-16-30-59(61)67)57-39-38-51(47-34-36-48(37-35-47)54-41-52(45-20-7-3-8-21-45)40-53(42-54)46-22-9-4-10-23-46)43-56(57)65-55(28-19-33-62(65)68)64-44-63(49-24-11-5-12-25-49)69-66(70-64)50-26-13-6-14-27-50/h3-22,24-44,46H,23H2,1-2H3. The second-order valence-electron chi connectivity index (χ2n) is 19.6. The first-order chi connectivity index (χ1) is 34.4. The fourth-order valence-electron chi connectivity index (χ4n) is 11.9. The number of aromatic nitrogens is 2. The van der Waals surface area contributed by atoms with Crippen LogP contribution in [0.5, 0.6) is 0 Å². The number of hydrogen-bond donors (Lipinski definition) is 0. The van der Waals surface area contributed by atoms with Crippen molar-refractivity contribution < 1.29 is 0 Å². The van der Waals surface area contributed by atoms with Gasteiger partial charge in [-0.3, -0.25) is 0 Å². The summed E-state index contributed by atoms with van der Waals surface area (Å²) >= 11 is 0. The molecule has 70 heavy (non-hydrogen) atoms. The molecule has 1 atom stereocenters. The van der Waals surface area contributed by atoms with Gasteiger partial charge in [0.25, 0.3) is 0 Å². The fourth-order valence-corrected chi connectivity index (χ4v) is 11.9. The van der Waals surface area contributed by atoms with Crippen LogP contribution in [0.25, 0.3) is 78.4 Å². The largest absolute Gasteiger partial charge is 0.228 e. The Kier molecular flexibility index (Phi) is 9.92. The number of fused-ring (bicyclic) bond motifs is 9. The van der Waals surface area contributed by atoms with Crippen molar-refractivity contribution >= 4 is 0 Å². The van der Waals surface area contributed by atoms with Gasteiger partial charge < -0.3 is 0 Å². The number of nitrogens with zero attached hydrogens (tertiary/aromatic N) is 2. The Labute approximate surface area is 411 Å². The molecule has 0 saturated carbocycles. The van der Waals surface area contributed by atoms with Crippen LogP contribution < -0.4 is 0 Å². The molecule has 2 nitrogen and oxygen atoms in total. The summed E-state index contributed by atoms with van der Waals surface area (Å²) in [5.74, 6) is 1.06. The van der Waals surface area contributed by atoms with E-state index in [9.17, 15) is 0 Å². The molecule has 10 aromatic rings. The molecule has 2 heteroatoms. The summed E-state index contributed by atoms with van der Waals surface area (Å²) in [6.45, 7) is 4.77. The summed E-state index contributed by atoms with van der Waals surface area (Å²) in [5.41, 5.74) is 23.2. The second kappa shape index (κ2) is 16.6. The molecule has 1 heterocycles. The second-order valence-corrected chi connectivity index (χ2v) is 19.6. The van der Waals surface area contributed by atoms with Crippen LogP contribution in [0.15, 0.2) is 249 Å². The van der Waals surface area contributed by atoms with Gasteiger partial charge in [0.05, 0.1) is 16.8 Å². The van der Waals surface area contributed by atoms with Crippen LogP contribution in [0, 0.1) is 0 Å². The van der Waals surface area contributed by atoms with E-state index < -0.39 is 5.41 Å². The molecule has 332 valence electrons. The van der Waals surface area contributed by atoms with Crippen molar-refractivity contribution in [2.45, 2.75) is 37.0 Å². The van der Waals surface area contributed by atoms with Crippen LogP contribution in [0.4, 0.5) is 0 Å². The van der Waals surface area contributed by atoms with E-state index in [1.165, 1.54) is 83.5 Å². The van der Waals surface area contributed by atoms with Gasteiger partial charge in [-0.2, -0.15) is 0 Å². The third-order valence-corrected chi connectivity index (χ3v) is 15.3. The van der Waals surface area contributed by atoms with Crippen molar-refractivity contribution in [1.82, 2.24) is 9.97 Å². The van der Waals surface area contributed by atoms with Gasteiger partial charge >= 0.3 is 0 Å². The Balaban J connectivity index is 1.01. The highest BCUT2D eigenvalue weighted by Crippen LogP contribution is 2.63. The first-order valence-electron chi connectivity index (χ1n) is 24.6. The van der Waals surface area contributed by atoms with Crippen molar-refractivity contribution in [1.29, 1.82) is 0 Å². The summed E-state index contributed by atoms with van der Waals surface area (Å²) < 4.78 is 0. The molecule has 9 aromatic carbocycles. The molecule has 3 aliphatic carbocycles. The molecule has 1 spiro atoms. The van der Waals surface area contributed by atoms with Crippen molar-refractivity contribution in [3.8, 4) is 78.4 Å². The lowest BCUT2D eigenvalue weighted by Gasteiger charge is -2.46. The van der Waals surface area contributed by atoms with Gasteiger partial charge in [0.15, 0.2) is 5.82 Å². The van der Waals surface area contributed by atoms with Gasteiger partial charge in [-0.05, 0) is 108 Å². The molecule has 0 radical (unpaired) electrons. The van der Waals surface area contributed by atoms with E-state index in [0.717, 1.165) is 34.5 Å². The Morgan fingerprint density at radius 1 is 0.371 bits per heavy atom. The molecule has 1 unspecified atom stereocenters. The summed E-state index contributed by atoms with van der Waals surface area (Å²) in [4.78, 5) is 10.7. The molecule has 3 aliphatic rings. The topological polar surface area (TPSA) is 25.8 Å². The van der Waals surface area contributed by atoms with E-state index in [-0.39, 0.29) is 5.41 Å². The SMILES string of the molecule is CC1(C)c2ccccc2C2(c3ccc(-c4ccc(-c5cc(-c6ccccc6)cc(C6C=CC=CC6)c5)cc4)cc3-c3c(-c4cc(-c5ccccc5)nc(-c5ccccc5)n4)cccc32)c2ccccc21. The van der Waals surface area contributed by atoms with Crippen LogP contribution in [-0.2, 0) is 10.8 Å². The number of hydrogen-bond acceptors (Lipinski definition) is 2. The Morgan fingerprint density at radius 3 is 1.53 bits per heavy atom. The molecule has 0 aliphatic heterocycles. The first-order valence-corrected chi connectivity index (χ1v) is 24.6. The van der Waals surface area contributed by atoms with Gasteiger partial charge in [0.2, 0.25) is 0 Å². The molecule has 0 fully saturated rings. The number of rotatable bonds is 7. The average molecular weight is 895 g/mol. The van der Waals surface area contributed by atoms with Crippen molar-refractivity contribution in [2.75, 3.05) is 0 Å². The first kappa shape index (κ1) is 41.7. The predicted octanol–water partition coefficient (Wildman–Crippen LogP) is 17.1. The zero-order valence-electron chi connectivity index (χ0n) is 39.4. The molecule has 0 saturated heterocycles. The minimum atomic E-state index is -0.561. The van der Waals surface area contributed by atoms with Crippen LogP contribution >= 0.6 is 0 Å². The van der Waals surface area contributed by atoms with Crippen LogP contribution in [-0.4, -0.2) is 9.97 Å². The van der Waals surface area contributed by atoms with E-state index in [1.54, 1.807) is 0 Å². The lowest BCUT2D eigenvalue weighted by Crippen LogP contribution is -2.40. The highest BCUT2D eigenvalue weighted by molar-refractivity contribution is 5.98. The molecular weight excluding hydrogens is 845 g/mol. The Hall–Kier alpha value is -8.46. The van der Waals surface area contributed by atoms with Gasteiger partial charge in [-0.25, -0.2) is 9.97 Å². The van der Waals surface area contributed by atoms with Crippen LogP contribution in [0.2, 0.25) is 0 Å². The van der Waals surface area contributed by atoms with Gasteiger partial charge in [0, 0.05) is 28.0 Å². The van der Waals surface area contributed by atoms with Gasteiger partial charge in [0.1, 0.15) is 0 Å². The average Bonchev–Trinajstić information content (AvgIpc) is 3.73. The molecule has 13 rings (SSSR count). The van der Waals surface area contributed by atoms with Gasteiger partial charge in [-0.15, -0.1) is 0 Å². The maximum absolute atomic E-state index is 5.46. The fraction of sp³-hybridized carbons (Fsp3) is 0.0882. The zero-order valence-corrected chi connectivity index (χ0v) is 39.4. The van der Waals surface area contributed by atoms with E-state index in [2.05, 4.69) is 257 Å². The molecule has 1 aromatic heterocycles. The zero-order chi connectivity index (χ0) is 46.8. The van der Waals surface area contributed by atoms with Crippen molar-refractivity contribution in [3.05, 3.63) is 288 Å². The normalized spacial score (nSPS) is 15.5. The maximum Gasteiger partial charge on any atom is 0.160 e.